The Bertz CT molecular complexity index is 180. The van der Waals surface area contributed by atoms with Crippen molar-refractivity contribution in [1.82, 2.24) is 0 Å². The molecule has 2 aliphatic carbocycles. The van der Waals surface area contributed by atoms with Crippen LogP contribution in [-0.2, 0) is 4.79 Å². The second kappa shape index (κ2) is 1.14. The lowest BCUT2D eigenvalue weighted by Crippen LogP contribution is -2.42. The Morgan fingerprint density at radius 3 is 2.44 bits per heavy atom. The Hall–Kier alpha value is -0.570. The molecule has 50 valence electrons. The van der Waals surface area contributed by atoms with Crippen LogP contribution < -0.4 is 5.73 Å². The molecular formula is C6H9NO2. The molecule has 2 rings (SSSR count). The number of fused-ring (bicyclic) bond motifs is 1. The second-order valence-corrected chi connectivity index (χ2v) is 3.14. The van der Waals surface area contributed by atoms with Crippen molar-refractivity contribution in [3.63, 3.8) is 0 Å². The summed E-state index contributed by atoms with van der Waals surface area (Å²) in [4.78, 5) is 10.4. The van der Waals surface area contributed by atoms with E-state index in [1.165, 1.54) is 0 Å². The van der Waals surface area contributed by atoms with E-state index >= 15 is 0 Å². The van der Waals surface area contributed by atoms with Crippen LogP contribution in [0.15, 0.2) is 0 Å². The number of carboxylic acid groups (broad SMARTS) is 1. The number of aliphatic carboxylic acids is 1. The molecule has 0 aromatic heterocycles. The van der Waals surface area contributed by atoms with Crippen LogP contribution >= 0.6 is 0 Å². The van der Waals surface area contributed by atoms with Gasteiger partial charge >= 0.3 is 5.97 Å². The van der Waals surface area contributed by atoms with Crippen molar-refractivity contribution in [3.8, 4) is 0 Å². The molecule has 0 aromatic carbocycles. The minimum absolute atomic E-state index is 0.182. The number of carboxylic acids is 1. The normalized spacial score (nSPS) is 53.4. The molecule has 2 saturated carbocycles. The van der Waals surface area contributed by atoms with E-state index in [0.29, 0.717) is 12.3 Å². The lowest BCUT2D eigenvalue weighted by atomic mass is 9.81. The van der Waals surface area contributed by atoms with Gasteiger partial charge in [0, 0.05) is 6.04 Å². The van der Waals surface area contributed by atoms with Crippen LogP contribution in [0, 0.1) is 11.3 Å². The molecule has 0 aromatic rings. The standard InChI is InChI=1S/C6H9NO2/c7-4-2-6(5(8)9)1-3(4)6/h3-4H,1-2,7H2,(H,8,9)/t3?,4?,6-/m1/s1. The van der Waals surface area contributed by atoms with E-state index in [1.54, 1.807) is 0 Å². The highest BCUT2D eigenvalue weighted by Gasteiger charge is 2.71. The number of hydrogen-bond donors (Lipinski definition) is 2. The Balaban J connectivity index is 2.12. The van der Waals surface area contributed by atoms with Crippen molar-refractivity contribution < 1.29 is 9.90 Å². The van der Waals surface area contributed by atoms with Crippen molar-refractivity contribution in [3.05, 3.63) is 0 Å². The van der Waals surface area contributed by atoms with E-state index < -0.39 is 5.97 Å². The third-order valence-electron chi connectivity index (χ3n) is 2.68. The van der Waals surface area contributed by atoms with Crippen LogP contribution in [0.25, 0.3) is 0 Å². The largest absolute Gasteiger partial charge is 0.481 e. The van der Waals surface area contributed by atoms with Gasteiger partial charge in [0.25, 0.3) is 0 Å². The SMILES string of the molecule is NC1C[C@]2(C(=O)O)CC12. The first-order valence-corrected chi connectivity index (χ1v) is 3.16. The molecular weight excluding hydrogens is 118 g/mol. The van der Waals surface area contributed by atoms with E-state index in [1.807, 2.05) is 0 Å². The minimum Gasteiger partial charge on any atom is -0.481 e. The van der Waals surface area contributed by atoms with Gasteiger partial charge in [-0.1, -0.05) is 0 Å². The highest BCUT2D eigenvalue weighted by atomic mass is 16.4. The van der Waals surface area contributed by atoms with Crippen molar-refractivity contribution in [1.29, 1.82) is 0 Å². The van der Waals surface area contributed by atoms with Crippen LogP contribution in [0.4, 0.5) is 0 Å². The van der Waals surface area contributed by atoms with E-state index in [2.05, 4.69) is 0 Å². The zero-order valence-electron chi connectivity index (χ0n) is 5.00. The fourth-order valence-electron chi connectivity index (χ4n) is 1.86. The molecule has 3 N–H and O–H groups in total. The van der Waals surface area contributed by atoms with Crippen LogP contribution in [0.5, 0.6) is 0 Å². The lowest BCUT2D eigenvalue weighted by molar-refractivity contribution is -0.147. The van der Waals surface area contributed by atoms with Crippen LogP contribution in [0.2, 0.25) is 0 Å². The van der Waals surface area contributed by atoms with Crippen LogP contribution in [0.1, 0.15) is 12.8 Å². The Morgan fingerprint density at radius 1 is 1.67 bits per heavy atom. The fraction of sp³-hybridized carbons (Fsp3) is 0.833. The summed E-state index contributed by atoms with van der Waals surface area (Å²) in [7, 11) is 0. The number of nitrogens with two attached hydrogens (primary N) is 1. The molecule has 2 fully saturated rings. The molecule has 3 atom stereocenters. The molecule has 2 unspecified atom stereocenters. The molecule has 0 bridgehead atoms. The molecule has 9 heavy (non-hydrogen) atoms. The molecule has 0 radical (unpaired) electrons. The average Bonchev–Trinajstić information content (AvgIpc) is 2.36. The lowest BCUT2D eigenvalue weighted by Gasteiger charge is -2.27. The van der Waals surface area contributed by atoms with Crippen molar-refractivity contribution >= 4 is 5.97 Å². The van der Waals surface area contributed by atoms with Crippen molar-refractivity contribution in [2.45, 2.75) is 18.9 Å². The van der Waals surface area contributed by atoms with Crippen LogP contribution in [0.3, 0.4) is 0 Å². The van der Waals surface area contributed by atoms with E-state index in [4.69, 9.17) is 10.8 Å². The Labute approximate surface area is 52.8 Å². The van der Waals surface area contributed by atoms with Gasteiger partial charge in [-0.25, -0.2) is 0 Å². The topological polar surface area (TPSA) is 63.3 Å². The summed E-state index contributed by atoms with van der Waals surface area (Å²) in [5.41, 5.74) is 5.18. The molecule has 0 aliphatic heterocycles. The maximum atomic E-state index is 10.4. The number of hydrogen-bond acceptors (Lipinski definition) is 2. The van der Waals surface area contributed by atoms with Gasteiger partial charge in [-0.2, -0.15) is 0 Å². The quantitative estimate of drug-likeness (QED) is 0.513. The summed E-state index contributed by atoms with van der Waals surface area (Å²) in [5, 5.41) is 8.60. The number of carbonyl (C=O) groups is 1. The monoisotopic (exact) mass is 127 g/mol. The molecule has 3 nitrogen and oxygen atoms in total. The van der Waals surface area contributed by atoms with Gasteiger partial charge < -0.3 is 10.8 Å². The predicted molar refractivity (Wildman–Crippen MR) is 30.8 cm³/mol. The second-order valence-electron chi connectivity index (χ2n) is 3.14. The molecule has 2 aliphatic rings. The van der Waals surface area contributed by atoms with Gasteiger partial charge in [0.15, 0.2) is 0 Å². The summed E-state index contributed by atoms with van der Waals surface area (Å²) in [5.74, 6) is -0.329. The van der Waals surface area contributed by atoms with Gasteiger partial charge in [-0.05, 0) is 18.8 Å². The maximum absolute atomic E-state index is 10.4. The minimum atomic E-state index is -0.644. The average molecular weight is 127 g/mol. The molecule has 3 heteroatoms. The molecule has 0 spiro atoms. The summed E-state index contributed by atoms with van der Waals surface area (Å²) >= 11 is 0. The summed E-state index contributed by atoms with van der Waals surface area (Å²) < 4.78 is 0. The van der Waals surface area contributed by atoms with E-state index in [0.717, 1.165) is 6.42 Å². The smallest absolute Gasteiger partial charge is 0.310 e. The highest BCUT2D eigenvalue weighted by Crippen LogP contribution is 2.66. The van der Waals surface area contributed by atoms with Gasteiger partial charge in [0.1, 0.15) is 0 Å². The summed E-state index contributed by atoms with van der Waals surface area (Å²) in [6, 6.07) is 0.182. The molecule has 0 heterocycles. The highest BCUT2D eigenvalue weighted by molar-refractivity contribution is 5.81. The Morgan fingerprint density at radius 2 is 2.33 bits per heavy atom. The van der Waals surface area contributed by atoms with E-state index in [9.17, 15) is 4.79 Å². The first-order valence-electron chi connectivity index (χ1n) is 3.16. The van der Waals surface area contributed by atoms with Gasteiger partial charge in [0.2, 0.25) is 0 Å². The predicted octanol–water partition coefficient (Wildman–Crippen LogP) is -0.192. The maximum Gasteiger partial charge on any atom is 0.310 e. The van der Waals surface area contributed by atoms with E-state index in [-0.39, 0.29) is 11.5 Å². The third kappa shape index (κ3) is 0.399. The van der Waals surface area contributed by atoms with Gasteiger partial charge in [-0.3, -0.25) is 4.79 Å². The molecule has 0 amide bonds. The zero-order chi connectivity index (χ0) is 6.65. The number of rotatable bonds is 1. The summed E-state index contributed by atoms with van der Waals surface area (Å²) in [6.07, 6.45) is 1.52. The van der Waals surface area contributed by atoms with Crippen molar-refractivity contribution in [2.75, 3.05) is 0 Å². The van der Waals surface area contributed by atoms with Gasteiger partial charge in [0.05, 0.1) is 5.41 Å². The van der Waals surface area contributed by atoms with Crippen molar-refractivity contribution in [2.24, 2.45) is 17.1 Å². The summed E-state index contributed by atoms with van der Waals surface area (Å²) in [6.45, 7) is 0. The Kier molecular flexibility index (Phi) is 0.662. The molecule has 0 saturated heterocycles. The first kappa shape index (κ1) is 5.23. The first-order chi connectivity index (χ1) is 4.17. The van der Waals surface area contributed by atoms with Crippen LogP contribution in [-0.4, -0.2) is 17.1 Å². The zero-order valence-corrected chi connectivity index (χ0v) is 5.00. The fourth-order valence-corrected chi connectivity index (χ4v) is 1.86. The van der Waals surface area contributed by atoms with Gasteiger partial charge in [-0.15, -0.1) is 0 Å². The third-order valence-corrected chi connectivity index (χ3v) is 2.68.